The Morgan fingerprint density at radius 1 is 1.20 bits per heavy atom. The fourth-order valence-electron chi connectivity index (χ4n) is 3.00. The van der Waals surface area contributed by atoms with Crippen molar-refractivity contribution in [1.29, 1.82) is 0 Å². The molecular formula is C14H19N3O2S. The van der Waals surface area contributed by atoms with E-state index in [1.807, 2.05) is 24.1 Å². The number of benzene rings is 1. The molecule has 0 atom stereocenters. The van der Waals surface area contributed by atoms with Crippen LogP contribution in [0.2, 0.25) is 0 Å². The van der Waals surface area contributed by atoms with Crippen molar-refractivity contribution in [2.75, 3.05) is 7.05 Å². The van der Waals surface area contributed by atoms with E-state index in [9.17, 15) is 8.42 Å². The zero-order chi connectivity index (χ0) is 14.3. The SMILES string of the molecule is CN(C1=NS(=O)(=O)c2ccccc21)C1CCC(N)CC1. The third-order valence-corrected chi connectivity index (χ3v) is 5.56. The highest BCUT2D eigenvalue weighted by Crippen LogP contribution is 2.30. The Labute approximate surface area is 119 Å². The molecule has 108 valence electrons. The van der Waals surface area contributed by atoms with Gasteiger partial charge in [0.2, 0.25) is 0 Å². The van der Waals surface area contributed by atoms with Crippen LogP contribution >= 0.6 is 0 Å². The number of rotatable bonds is 1. The molecule has 5 nitrogen and oxygen atoms in total. The zero-order valence-corrected chi connectivity index (χ0v) is 12.3. The highest BCUT2D eigenvalue weighted by Gasteiger charge is 2.33. The largest absolute Gasteiger partial charge is 0.355 e. The normalized spacial score (nSPS) is 27.8. The lowest BCUT2D eigenvalue weighted by molar-refractivity contribution is 0.262. The number of sulfonamides is 1. The summed E-state index contributed by atoms with van der Waals surface area (Å²) in [6, 6.07) is 7.61. The molecule has 0 bridgehead atoms. The Hall–Kier alpha value is -1.40. The van der Waals surface area contributed by atoms with Gasteiger partial charge in [-0.25, -0.2) is 0 Å². The van der Waals surface area contributed by atoms with E-state index in [0.29, 0.717) is 22.3 Å². The van der Waals surface area contributed by atoms with Gasteiger partial charge in [0, 0.05) is 24.7 Å². The van der Waals surface area contributed by atoms with Gasteiger partial charge < -0.3 is 10.6 Å². The third kappa shape index (κ3) is 2.23. The number of hydrogen-bond donors (Lipinski definition) is 1. The lowest BCUT2D eigenvalue weighted by atomic mass is 9.90. The average molecular weight is 293 g/mol. The first-order chi connectivity index (χ1) is 9.49. The summed E-state index contributed by atoms with van der Waals surface area (Å²) in [5.41, 5.74) is 6.64. The van der Waals surface area contributed by atoms with Crippen molar-refractivity contribution >= 4 is 15.9 Å². The zero-order valence-electron chi connectivity index (χ0n) is 11.5. The Kier molecular flexibility index (Phi) is 3.30. The van der Waals surface area contributed by atoms with Gasteiger partial charge in [0.05, 0.1) is 0 Å². The first-order valence-corrected chi connectivity index (χ1v) is 8.36. The maximum atomic E-state index is 12.1. The molecule has 0 aromatic heterocycles. The van der Waals surface area contributed by atoms with Crippen LogP contribution < -0.4 is 5.73 Å². The standard InChI is InChI=1S/C14H19N3O2S/c1-17(11-8-6-10(15)7-9-11)14-12-4-2-3-5-13(12)20(18,19)16-14/h2-5,10-11H,6-9,15H2,1H3. The molecule has 0 unspecified atom stereocenters. The van der Waals surface area contributed by atoms with Gasteiger partial charge in [0.15, 0.2) is 5.84 Å². The smallest absolute Gasteiger partial charge is 0.285 e. The third-order valence-electron chi connectivity index (χ3n) is 4.24. The van der Waals surface area contributed by atoms with Crippen molar-refractivity contribution in [3.8, 4) is 0 Å². The first-order valence-electron chi connectivity index (χ1n) is 6.92. The number of amidine groups is 1. The Balaban J connectivity index is 1.91. The Morgan fingerprint density at radius 2 is 1.85 bits per heavy atom. The molecule has 1 aliphatic carbocycles. The fraction of sp³-hybridized carbons (Fsp3) is 0.500. The number of nitrogens with two attached hydrogens (primary N) is 1. The van der Waals surface area contributed by atoms with Crippen LogP contribution in [0.1, 0.15) is 31.2 Å². The van der Waals surface area contributed by atoms with Crippen LogP contribution in [0.15, 0.2) is 33.6 Å². The van der Waals surface area contributed by atoms with Crippen LogP contribution in [0.4, 0.5) is 0 Å². The molecule has 1 fully saturated rings. The average Bonchev–Trinajstić information content (AvgIpc) is 2.72. The molecular weight excluding hydrogens is 274 g/mol. The van der Waals surface area contributed by atoms with E-state index in [0.717, 1.165) is 25.7 Å². The van der Waals surface area contributed by atoms with Crippen molar-refractivity contribution in [1.82, 2.24) is 4.90 Å². The van der Waals surface area contributed by atoms with Gasteiger partial charge in [-0.15, -0.1) is 4.40 Å². The lowest BCUT2D eigenvalue weighted by Crippen LogP contribution is -2.41. The molecule has 20 heavy (non-hydrogen) atoms. The van der Waals surface area contributed by atoms with Crippen molar-refractivity contribution in [2.45, 2.75) is 42.7 Å². The molecule has 0 spiro atoms. The van der Waals surface area contributed by atoms with E-state index in [4.69, 9.17) is 5.73 Å². The fourth-order valence-corrected chi connectivity index (χ4v) is 4.25. The Morgan fingerprint density at radius 3 is 2.55 bits per heavy atom. The van der Waals surface area contributed by atoms with E-state index in [1.165, 1.54) is 0 Å². The summed E-state index contributed by atoms with van der Waals surface area (Å²) in [7, 11) is -1.60. The van der Waals surface area contributed by atoms with Crippen LogP contribution in [0, 0.1) is 0 Å². The number of hydrogen-bond acceptors (Lipinski definition) is 4. The highest BCUT2D eigenvalue weighted by molar-refractivity contribution is 7.90. The molecule has 2 aliphatic rings. The highest BCUT2D eigenvalue weighted by atomic mass is 32.2. The summed E-state index contributed by atoms with van der Waals surface area (Å²) in [6.45, 7) is 0. The van der Waals surface area contributed by atoms with Gasteiger partial charge in [-0.3, -0.25) is 0 Å². The minimum absolute atomic E-state index is 0.279. The van der Waals surface area contributed by atoms with E-state index >= 15 is 0 Å². The second-order valence-electron chi connectivity index (χ2n) is 5.57. The molecule has 0 saturated heterocycles. The van der Waals surface area contributed by atoms with Crippen LogP contribution in [0.25, 0.3) is 0 Å². The van der Waals surface area contributed by atoms with Crippen molar-refractivity contribution < 1.29 is 8.42 Å². The van der Waals surface area contributed by atoms with Crippen molar-refractivity contribution in [3.63, 3.8) is 0 Å². The Bertz CT molecular complexity index is 646. The summed E-state index contributed by atoms with van der Waals surface area (Å²) in [5.74, 6) is 0.570. The van der Waals surface area contributed by atoms with Crippen LogP contribution in [0.3, 0.4) is 0 Å². The second kappa shape index (κ2) is 4.86. The summed E-state index contributed by atoms with van der Waals surface area (Å²) < 4.78 is 28.1. The predicted octanol–water partition coefficient (Wildman–Crippen LogP) is 1.34. The van der Waals surface area contributed by atoms with Gasteiger partial charge in [-0.05, 0) is 37.8 Å². The van der Waals surface area contributed by atoms with Crippen LogP contribution in [0.5, 0.6) is 0 Å². The molecule has 1 heterocycles. The summed E-state index contributed by atoms with van der Waals surface area (Å²) in [5, 5.41) is 0. The molecule has 1 aromatic rings. The van der Waals surface area contributed by atoms with E-state index < -0.39 is 10.0 Å². The minimum Gasteiger partial charge on any atom is -0.355 e. The van der Waals surface area contributed by atoms with E-state index in [1.54, 1.807) is 12.1 Å². The topological polar surface area (TPSA) is 75.8 Å². The number of nitrogens with zero attached hydrogens (tertiary/aromatic N) is 2. The monoisotopic (exact) mass is 293 g/mol. The molecule has 1 saturated carbocycles. The van der Waals surface area contributed by atoms with Crippen LogP contribution in [-0.2, 0) is 10.0 Å². The van der Waals surface area contributed by atoms with Gasteiger partial charge in [-0.2, -0.15) is 8.42 Å². The van der Waals surface area contributed by atoms with Gasteiger partial charge >= 0.3 is 0 Å². The summed E-state index contributed by atoms with van der Waals surface area (Å²) in [6.07, 6.45) is 3.94. The summed E-state index contributed by atoms with van der Waals surface area (Å²) in [4.78, 5) is 2.32. The van der Waals surface area contributed by atoms with Gasteiger partial charge in [-0.1, -0.05) is 12.1 Å². The molecule has 3 rings (SSSR count). The first kappa shape index (κ1) is 13.6. The minimum atomic E-state index is -3.53. The van der Waals surface area contributed by atoms with Gasteiger partial charge in [0.25, 0.3) is 10.0 Å². The molecule has 6 heteroatoms. The predicted molar refractivity (Wildman–Crippen MR) is 78.2 cm³/mol. The van der Waals surface area contributed by atoms with E-state index in [2.05, 4.69) is 4.40 Å². The number of fused-ring (bicyclic) bond motifs is 1. The summed E-state index contributed by atoms with van der Waals surface area (Å²) >= 11 is 0. The lowest BCUT2D eigenvalue weighted by Gasteiger charge is -2.34. The second-order valence-corrected chi connectivity index (χ2v) is 7.14. The van der Waals surface area contributed by atoms with Crippen molar-refractivity contribution in [2.24, 2.45) is 10.1 Å². The molecule has 1 aromatic carbocycles. The molecule has 1 aliphatic heterocycles. The quantitative estimate of drug-likeness (QED) is 0.847. The van der Waals surface area contributed by atoms with Crippen LogP contribution in [-0.4, -0.2) is 38.3 Å². The molecule has 2 N–H and O–H groups in total. The molecule has 0 amide bonds. The maximum Gasteiger partial charge on any atom is 0.285 e. The van der Waals surface area contributed by atoms with Crippen molar-refractivity contribution in [3.05, 3.63) is 29.8 Å². The molecule has 0 radical (unpaired) electrons. The maximum absolute atomic E-state index is 12.1. The van der Waals surface area contributed by atoms with E-state index in [-0.39, 0.29) is 6.04 Å². The van der Waals surface area contributed by atoms with Gasteiger partial charge in [0.1, 0.15) is 4.90 Å².